The highest BCUT2D eigenvalue weighted by molar-refractivity contribution is 7.09. The zero-order chi connectivity index (χ0) is 14.8. The summed E-state index contributed by atoms with van der Waals surface area (Å²) >= 11 is 1.46. The Morgan fingerprint density at radius 1 is 1.57 bits per heavy atom. The molecule has 1 fully saturated rings. The quantitative estimate of drug-likeness (QED) is 0.930. The summed E-state index contributed by atoms with van der Waals surface area (Å²) in [5.74, 6) is 1.41. The van der Waals surface area contributed by atoms with Crippen molar-refractivity contribution < 1.29 is 4.79 Å². The van der Waals surface area contributed by atoms with Crippen LogP contribution in [0.15, 0.2) is 12.3 Å². The van der Waals surface area contributed by atoms with Gasteiger partial charge in [-0.2, -0.15) is 9.47 Å². The fourth-order valence-electron chi connectivity index (χ4n) is 2.44. The van der Waals surface area contributed by atoms with Gasteiger partial charge < -0.3 is 10.2 Å². The Bertz CT molecular complexity index is 636. The molecule has 2 aromatic rings. The monoisotopic (exact) mass is 306 g/mol. The number of carbonyl (C=O) groups excluding carboxylic acids is 1. The fraction of sp³-hybridized carbons (Fsp3) is 0.538. The molecule has 8 heteroatoms. The number of aromatic nitrogens is 4. The molecule has 1 atom stereocenters. The van der Waals surface area contributed by atoms with Gasteiger partial charge in [0.2, 0.25) is 11.0 Å². The SMILES string of the molecule is CCc1nsc(N2CC[C@@H](n3ccc(NC(C)=O)n3)C2)n1. The van der Waals surface area contributed by atoms with Crippen LogP contribution in [0.1, 0.15) is 32.1 Å². The number of anilines is 2. The molecule has 1 aliphatic rings. The van der Waals surface area contributed by atoms with E-state index in [1.807, 2.05) is 16.9 Å². The predicted octanol–water partition coefficient (Wildman–Crippen LogP) is 1.71. The van der Waals surface area contributed by atoms with Crippen LogP contribution in [0.5, 0.6) is 0 Å². The lowest BCUT2D eigenvalue weighted by Gasteiger charge is -2.14. The van der Waals surface area contributed by atoms with Gasteiger partial charge in [0, 0.05) is 50.2 Å². The Morgan fingerprint density at radius 3 is 3.14 bits per heavy atom. The Balaban J connectivity index is 1.66. The van der Waals surface area contributed by atoms with Crippen LogP contribution in [-0.2, 0) is 11.2 Å². The van der Waals surface area contributed by atoms with Gasteiger partial charge in [-0.25, -0.2) is 4.98 Å². The van der Waals surface area contributed by atoms with Gasteiger partial charge in [-0.1, -0.05) is 6.92 Å². The molecule has 1 saturated heterocycles. The highest BCUT2D eigenvalue weighted by atomic mass is 32.1. The minimum Gasteiger partial charge on any atom is -0.345 e. The van der Waals surface area contributed by atoms with E-state index in [0.29, 0.717) is 11.9 Å². The maximum atomic E-state index is 11.0. The summed E-state index contributed by atoms with van der Waals surface area (Å²) in [4.78, 5) is 17.8. The van der Waals surface area contributed by atoms with Crippen LogP contribution in [0.2, 0.25) is 0 Å². The number of nitrogens with one attached hydrogen (secondary N) is 1. The molecule has 112 valence electrons. The summed E-state index contributed by atoms with van der Waals surface area (Å²) in [6, 6.07) is 2.13. The molecule has 7 nitrogen and oxygen atoms in total. The van der Waals surface area contributed by atoms with Crippen molar-refractivity contribution >= 4 is 28.4 Å². The highest BCUT2D eigenvalue weighted by Gasteiger charge is 2.26. The Morgan fingerprint density at radius 2 is 2.43 bits per heavy atom. The summed E-state index contributed by atoms with van der Waals surface area (Å²) in [5.41, 5.74) is 0. The molecule has 3 rings (SSSR count). The van der Waals surface area contributed by atoms with Gasteiger partial charge in [0.15, 0.2) is 5.82 Å². The van der Waals surface area contributed by atoms with E-state index in [1.165, 1.54) is 18.5 Å². The maximum absolute atomic E-state index is 11.0. The molecule has 0 spiro atoms. The normalized spacial score (nSPS) is 18.2. The Labute approximate surface area is 127 Å². The molecule has 0 aliphatic carbocycles. The average molecular weight is 306 g/mol. The second kappa shape index (κ2) is 5.80. The minimum absolute atomic E-state index is 0.103. The van der Waals surface area contributed by atoms with E-state index in [0.717, 1.165) is 36.9 Å². The third-order valence-electron chi connectivity index (χ3n) is 3.49. The van der Waals surface area contributed by atoms with Crippen LogP contribution in [0.3, 0.4) is 0 Å². The van der Waals surface area contributed by atoms with Crippen LogP contribution in [0, 0.1) is 0 Å². The van der Waals surface area contributed by atoms with Gasteiger partial charge in [0.1, 0.15) is 5.82 Å². The zero-order valence-corrected chi connectivity index (χ0v) is 12.9. The number of amides is 1. The molecule has 1 aliphatic heterocycles. The summed E-state index contributed by atoms with van der Waals surface area (Å²) in [5, 5.41) is 8.09. The number of hydrogen-bond acceptors (Lipinski definition) is 6. The minimum atomic E-state index is -0.103. The molecular weight excluding hydrogens is 288 g/mol. The number of aryl methyl sites for hydroxylation is 1. The lowest BCUT2D eigenvalue weighted by atomic mass is 10.3. The fourth-order valence-corrected chi connectivity index (χ4v) is 3.22. The number of nitrogens with zero attached hydrogens (tertiary/aromatic N) is 5. The van der Waals surface area contributed by atoms with Crippen LogP contribution >= 0.6 is 11.5 Å². The van der Waals surface area contributed by atoms with Gasteiger partial charge in [0.05, 0.1) is 6.04 Å². The smallest absolute Gasteiger partial charge is 0.222 e. The lowest BCUT2D eigenvalue weighted by molar-refractivity contribution is -0.114. The van der Waals surface area contributed by atoms with Gasteiger partial charge in [-0.15, -0.1) is 0 Å². The first-order valence-electron chi connectivity index (χ1n) is 7.06. The summed E-state index contributed by atoms with van der Waals surface area (Å²) < 4.78 is 6.26. The third kappa shape index (κ3) is 3.05. The number of carbonyl (C=O) groups is 1. The molecule has 1 amide bonds. The van der Waals surface area contributed by atoms with E-state index < -0.39 is 0 Å². The van der Waals surface area contributed by atoms with Crippen molar-refractivity contribution in [1.29, 1.82) is 0 Å². The van der Waals surface area contributed by atoms with E-state index in [1.54, 1.807) is 0 Å². The van der Waals surface area contributed by atoms with Crippen LogP contribution in [-0.4, -0.2) is 38.1 Å². The van der Waals surface area contributed by atoms with E-state index >= 15 is 0 Å². The van der Waals surface area contributed by atoms with Gasteiger partial charge in [0.25, 0.3) is 0 Å². The molecule has 0 bridgehead atoms. The molecule has 21 heavy (non-hydrogen) atoms. The van der Waals surface area contributed by atoms with Gasteiger partial charge >= 0.3 is 0 Å². The Hall–Kier alpha value is -1.96. The molecule has 0 saturated carbocycles. The third-order valence-corrected chi connectivity index (χ3v) is 4.31. The van der Waals surface area contributed by atoms with Crippen molar-refractivity contribution in [3.8, 4) is 0 Å². The van der Waals surface area contributed by atoms with Crippen molar-refractivity contribution in [3.63, 3.8) is 0 Å². The summed E-state index contributed by atoms with van der Waals surface area (Å²) in [6.45, 7) is 5.38. The van der Waals surface area contributed by atoms with Crippen molar-refractivity contribution in [2.75, 3.05) is 23.3 Å². The molecule has 1 N–H and O–H groups in total. The second-order valence-electron chi connectivity index (χ2n) is 5.10. The average Bonchev–Trinajstić information content (AvgIpc) is 3.17. The largest absolute Gasteiger partial charge is 0.345 e. The first-order valence-corrected chi connectivity index (χ1v) is 7.83. The second-order valence-corrected chi connectivity index (χ2v) is 5.83. The number of hydrogen-bond donors (Lipinski definition) is 1. The van der Waals surface area contributed by atoms with E-state index in [2.05, 4.69) is 31.6 Å². The zero-order valence-electron chi connectivity index (χ0n) is 12.1. The lowest BCUT2D eigenvalue weighted by Crippen LogP contribution is -2.21. The van der Waals surface area contributed by atoms with E-state index in [-0.39, 0.29) is 5.91 Å². The van der Waals surface area contributed by atoms with Crippen molar-refractivity contribution in [3.05, 3.63) is 18.1 Å². The van der Waals surface area contributed by atoms with E-state index in [4.69, 9.17) is 0 Å². The van der Waals surface area contributed by atoms with E-state index in [9.17, 15) is 4.79 Å². The van der Waals surface area contributed by atoms with Gasteiger partial charge in [-0.05, 0) is 6.42 Å². The molecule has 0 radical (unpaired) electrons. The van der Waals surface area contributed by atoms with Crippen LogP contribution < -0.4 is 10.2 Å². The molecular formula is C13H18N6OS. The van der Waals surface area contributed by atoms with Crippen LogP contribution in [0.25, 0.3) is 0 Å². The molecule has 2 aromatic heterocycles. The maximum Gasteiger partial charge on any atom is 0.222 e. The van der Waals surface area contributed by atoms with Crippen molar-refractivity contribution in [1.82, 2.24) is 19.1 Å². The van der Waals surface area contributed by atoms with Crippen LogP contribution in [0.4, 0.5) is 10.9 Å². The molecule has 0 unspecified atom stereocenters. The van der Waals surface area contributed by atoms with Crippen molar-refractivity contribution in [2.24, 2.45) is 0 Å². The predicted molar refractivity (Wildman–Crippen MR) is 81.7 cm³/mol. The topological polar surface area (TPSA) is 75.9 Å². The molecule has 3 heterocycles. The number of rotatable bonds is 4. The van der Waals surface area contributed by atoms with Gasteiger partial charge in [-0.3, -0.25) is 9.48 Å². The Kier molecular flexibility index (Phi) is 3.87. The first kappa shape index (κ1) is 14.0. The summed E-state index contributed by atoms with van der Waals surface area (Å²) in [6.07, 6.45) is 3.80. The summed E-state index contributed by atoms with van der Waals surface area (Å²) in [7, 11) is 0. The molecule has 0 aromatic carbocycles. The standard InChI is InChI=1S/C13H18N6OS/c1-3-11-15-13(21-17-11)18-6-4-10(8-18)19-7-5-12(16-19)14-9(2)20/h5,7,10H,3-4,6,8H2,1-2H3,(H,14,16,20)/t10-/m1/s1. The van der Waals surface area contributed by atoms with Crippen molar-refractivity contribution in [2.45, 2.75) is 32.7 Å². The first-order chi connectivity index (χ1) is 10.2. The highest BCUT2D eigenvalue weighted by Crippen LogP contribution is 2.28.